The Labute approximate surface area is 174 Å². The number of nitrogens with one attached hydrogen (secondary N) is 1. The number of hydrogen-bond donors (Lipinski definition) is 1. The second-order valence-electron chi connectivity index (χ2n) is 7.24. The molecule has 0 atom stereocenters. The molecule has 1 aliphatic heterocycles. The van der Waals surface area contributed by atoms with Gasteiger partial charge in [0.25, 0.3) is 5.91 Å². The number of carbonyl (C=O) groups is 2. The maximum atomic E-state index is 12.4. The number of amides is 2. The molecule has 0 spiro atoms. The van der Waals surface area contributed by atoms with E-state index in [0.717, 1.165) is 0 Å². The first-order chi connectivity index (χ1) is 13.1. The van der Waals surface area contributed by atoms with Gasteiger partial charge in [-0.1, -0.05) is 23.2 Å². The molecule has 2 amide bonds. The predicted molar refractivity (Wildman–Crippen MR) is 108 cm³/mol. The Morgan fingerprint density at radius 2 is 1.86 bits per heavy atom. The van der Waals surface area contributed by atoms with E-state index in [9.17, 15) is 14.9 Å². The molecular formula is C19H22Cl2N4O3. The zero-order valence-electron chi connectivity index (χ0n) is 16.0. The number of anilines is 1. The molecule has 2 rings (SSSR count). The van der Waals surface area contributed by atoms with Crippen LogP contribution in [0.1, 0.15) is 20.8 Å². The van der Waals surface area contributed by atoms with Gasteiger partial charge < -0.3 is 19.9 Å². The average molecular weight is 425 g/mol. The van der Waals surface area contributed by atoms with E-state index in [4.69, 9.17) is 27.9 Å². The van der Waals surface area contributed by atoms with E-state index in [2.05, 4.69) is 5.32 Å². The first kappa shape index (κ1) is 21.9. The normalized spacial score (nSPS) is 15.1. The molecule has 1 saturated heterocycles. The van der Waals surface area contributed by atoms with Gasteiger partial charge in [0.2, 0.25) is 0 Å². The Balaban J connectivity index is 1.98. The molecule has 1 heterocycles. The fourth-order valence-corrected chi connectivity index (χ4v) is 2.80. The first-order valence-corrected chi connectivity index (χ1v) is 9.45. The largest absolute Gasteiger partial charge is 0.444 e. The van der Waals surface area contributed by atoms with E-state index in [-0.39, 0.29) is 11.7 Å². The zero-order valence-corrected chi connectivity index (χ0v) is 17.5. The number of benzene rings is 1. The molecule has 0 radical (unpaired) electrons. The molecule has 28 heavy (non-hydrogen) atoms. The van der Waals surface area contributed by atoms with Crippen molar-refractivity contribution in [1.82, 2.24) is 9.80 Å². The molecule has 150 valence electrons. The van der Waals surface area contributed by atoms with E-state index >= 15 is 0 Å². The van der Waals surface area contributed by atoms with Gasteiger partial charge in [0.05, 0.1) is 10.7 Å². The van der Waals surface area contributed by atoms with Crippen LogP contribution in [0, 0.1) is 11.3 Å². The molecular weight excluding hydrogens is 403 g/mol. The lowest BCUT2D eigenvalue weighted by molar-refractivity contribution is -0.112. The summed E-state index contributed by atoms with van der Waals surface area (Å²) in [4.78, 5) is 27.9. The zero-order chi connectivity index (χ0) is 20.9. The van der Waals surface area contributed by atoms with Gasteiger partial charge in [0.15, 0.2) is 0 Å². The Morgan fingerprint density at radius 3 is 2.43 bits per heavy atom. The molecule has 0 aliphatic carbocycles. The van der Waals surface area contributed by atoms with Gasteiger partial charge in [-0.25, -0.2) is 4.79 Å². The number of ether oxygens (including phenoxy) is 1. The van der Waals surface area contributed by atoms with Gasteiger partial charge in [-0.05, 0) is 39.0 Å². The van der Waals surface area contributed by atoms with Gasteiger partial charge >= 0.3 is 6.09 Å². The number of carbonyl (C=O) groups excluding carboxylic acids is 2. The van der Waals surface area contributed by atoms with Crippen molar-refractivity contribution < 1.29 is 14.3 Å². The van der Waals surface area contributed by atoms with Crippen LogP contribution in [0.2, 0.25) is 10.0 Å². The monoisotopic (exact) mass is 424 g/mol. The molecule has 1 aromatic carbocycles. The summed E-state index contributed by atoms with van der Waals surface area (Å²) in [6.45, 7) is 7.28. The molecule has 9 heteroatoms. The van der Waals surface area contributed by atoms with E-state index in [1.54, 1.807) is 17.0 Å². The molecule has 1 aromatic rings. The highest BCUT2D eigenvalue weighted by Gasteiger charge is 2.25. The third-order valence-corrected chi connectivity index (χ3v) is 4.38. The van der Waals surface area contributed by atoms with Gasteiger partial charge in [-0.2, -0.15) is 5.26 Å². The molecule has 1 N–H and O–H groups in total. The number of piperazine rings is 1. The average Bonchev–Trinajstić information content (AvgIpc) is 2.61. The van der Waals surface area contributed by atoms with Crippen molar-refractivity contribution in [3.05, 3.63) is 40.0 Å². The summed E-state index contributed by atoms with van der Waals surface area (Å²) in [5, 5.41) is 12.7. The van der Waals surface area contributed by atoms with Crippen LogP contribution < -0.4 is 5.32 Å². The Kier molecular flexibility index (Phi) is 7.17. The van der Waals surface area contributed by atoms with Crippen LogP contribution in [0.15, 0.2) is 30.0 Å². The minimum absolute atomic E-state index is 0.0678. The number of halogens is 2. The van der Waals surface area contributed by atoms with Crippen molar-refractivity contribution in [3.63, 3.8) is 0 Å². The van der Waals surface area contributed by atoms with E-state index in [0.29, 0.717) is 41.9 Å². The highest BCUT2D eigenvalue weighted by Crippen LogP contribution is 2.25. The van der Waals surface area contributed by atoms with Crippen molar-refractivity contribution in [2.24, 2.45) is 0 Å². The molecule has 7 nitrogen and oxygen atoms in total. The van der Waals surface area contributed by atoms with Crippen molar-refractivity contribution in [1.29, 1.82) is 5.26 Å². The summed E-state index contributed by atoms with van der Waals surface area (Å²) in [7, 11) is 0. The SMILES string of the molecule is CC(C)(C)OC(=O)N1CCN(/C=C(/C#N)C(=O)Nc2cc(Cl)ccc2Cl)CC1. The fourth-order valence-electron chi connectivity index (χ4n) is 2.46. The van der Waals surface area contributed by atoms with E-state index in [1.165, 1.54) is 12.3 Å². The standard InChI is InChI=1S/C19H22Cl2N4O3/c1-19(2,3)28-18(27)25-8-6-24(7-9-25)12-13(11-22)17(26)23-16-10-14(20)4-5-15(16)21/h4-5,10,12H,6-9H2,1-3H3,(H,23,26)/b13-12-. The summed E-state index contributed by atoms with van der Waals surface area (Å²) < 4.78 is 5.35. The van der Waals surface area contributed by atoms with Crippen LogP contribution in [0.5, 0.6) is 0 Å². The minimum Gasteiger partial charge on any atom is -0.444 e. The lowest BCUT2D eigenvalue weighted by atomic mass is 10.2. The van der Waals surface area contributed by atoms with Gasteiger partial charge in [-0.15, -0.1) is 0 Å². The Morgan fingerprint density at radius 1 is 1.21 bits per heavy atom. The summed E-state index contributed by atoms with van der Waals surface area (Å²) in [6.07, 6.45) is 1.12. The smallest absolute Gasteiger partial charge is 0.410 e. The van der Waals surface area contributed by atoms with Gasteiger partial charge in [0.1, 0.15) is 17.2 Å². The Bertz CT molecular complexity index is 819. The van der Waals surface area contributed by atoms with Crippen LogP contribution in [0.25, 0.3) is 0 Å². The Hall–Kier alpha value is -2.43. The summed E-state index contributed by atoms with van der Waals surface area (Å²) >= 11 is 11.9. The van der Waals surface area contributed by atoms with Crippen LogP contribution in [0.4, 0.5) is 10.5 Å². The van der Waals surface area contributed by atoms with Crippen molar-refractivity contribution in [2.75, 3.05) is 31.5 Å². The lowest BCUT2D eigenvalue weighted by Crippen LogP contribution is -2.48. The van der Waals surface area contributed by atoms with Crippen LogP contribution >= 0.6 is 23.2 Å². The van der Waals surface area contributed by atoms with Crippen molar-refractivity contribution >= 4 is 40.9 Å². The topological polar surface area (TPSA) is 85.7 Å². The van der Waals surface area contributed by atoms with Crippen molar-refractivity contribution in [2.45, 2.75) is 26.4 Å². The van der Waals surface area contributed by atoms with Gasteiger partial charge in [0, 0.05) is 37.4 Å². The number of rotatable bonds is 3. The summed E-state index contributed by atoms with van der Waals surface area (Å²) in [6, 6.07) is 6.57. The van der Waals surface area contributed by atoms with E-state index in [1.807, 2.05) is 31.7 Å². The maximum Gasteiger partial charge on any atom is 0.410 e. The second-order valence-corrected chi connectivity index (χ2v) is 8.08. The molecule has 0 aromatic heterocycles. The highest BCUT2D eigenvalue weighted by molar-refractivity contribution is 6.35. The lowest BCUT2D eigenvalue weighted by Gasteiger charge is -2.35. The highest BCUT2D eigenvalue weighted by atomic mass is 35.5. The van der Waals surface area contributed by atoms with Crippen molar-refractivity contribution in [3.8, 4) is 6.07 Å². The maximum absolute atomic E-state index is 12.4. The summed E-state index contributed by atoms with van der Waals surface area (Å²) in [5.41, 5.74) is -0.293. The van der Waals surface area contributed by atoms with Gasteiger partial charge in [-0.3, -0.25) is 4.79 Å². The quantitative estimate of drug-likeness (QED) is 0.587. The van der Waals surface area contributed by atoms with Crippen LogP contribution in [-0.4, -0.2) is 53.6 Å². The third kappa shape index (κ3) is 6.32. The fraction of sp³-hybridized carbons (Fsp3) is 0.421. The number of nitrogens with zero attached hydrogens (tertiary/aromatic N) is 3. The minimum atomic E-state index is -0.582. The molecule has 1 aliphatic rings. The van der Waals surface area contributed by atoms with E-state index < -0.39 is 11.5 Å². The first-order valence-electron chi connectivity index (χ1n) is 8.69. The molecule has 0 unspecified atom stereocenters. The molecule has 1 fully saturated rings. The molecule has 0 saturated carbocycles. The third-order valence-electron chi connectivity index (χ3n) is 3.82. The van der Waals surface area contributed by atoms with Crippen LogP contribution in [-0.2, 0) is 9.53 Å². The second kappa shape index (κ2) is 9.18. The number of nitriles is 1. The van der Waals surface area contributed by atoms with Crippen LogP contribution in [0.3, 0.4) is 0 Å². The summed E-state index contributed by atoms with van der Waals surface area (Å²) in [5.74, 6) is -0.582. The predicted octanol–water partition coefficient (Wildman–Crippen LogP) is 3.89. The molecule has 0 bridgehead atoms. The number of hydrogen-bond acceptors (Lipinski definition) is 5.